The number of urea groups is 1. The first kappa shape index (κ1) is 33.2. The highest BCUT2D eigenvalue weighted by Crippen LogP contribution is 2.43. The van der Waals surface area contributed by atoms with Crippen LogP contribution in [0.25, 0.3) is 11.1 Å². The van der Waals surface area contributed by atoms with Gasteiger partial charge in [-0.3, -0.25) is 4.79 Å². The van der Waals surface area contributed by atoms with E-state index in [4.69, 9.17) is 14.2 Å². The number of nitrogens with zero attached hydrogens (tertiary/aromatic N) is 2. The minimum Gasteiger partial charge on any atom is -0.465 e. The molecule has 0 bridgehead atoms. The molecule has 3 N–H and O–H groups in total. The molecule has 10 nitrogen and oxygen atoms in total. The average molecular weight is 645 g/mol. The van der Waals surface area contributed by atoms with Crippen LogP contribution in [0.4, 0.5) is 4.79 Å². The lowest BCUT2D eigenvalue weighted by molar-refractivity contribution is -0.268. The summed E-state index contributed by atoms with van der Waals surface area (Å²) in [5, 5.41) is 15.8. The van der Waals surface area contributed by atoms with Crippen molar-refractivity contribution >= 4 is 23.8 Å². The van der Waals surface area contributed by atoms with E-state index in [0.717, 1.165) is 38.5 Å². The Balaban J connectivity index is 1.31. The van der Waals surface area contributed by atoms with E-state index < -0.39 is 18.3 Å². The molecule has 1 aromatic heterocycles. The monoisotopic (exact) mass is 644 g/mol. The van der Waals surface area contributed by atoms with Crippen molar-refractivity contribution in [2.75, 3.05) is 18.9 Å². The number of rotatable bonds is 12. The highest BCUT2D eigenvalue weighted by molar-refractivity contribution is 7.99. The van der Waals surface area contributed by atoms with E-state index in [-0.39, 0.29) is 44.4 Å². The zero-order chi connectivity index (χ0) is 32.5. The number of esters is 1. The fourth-order valence-corrected chi connectivity index (χ4v) is 6.43. The van der Waals surface area contributed by atoms with Crippen LogP contribution in [-0.2, 0) is 39.2 Å². The number of ether oxygens (including phenoxy) is 3. The third-order valence-corrected chi connectivity index (χ3v) is 9.07. The molecular weight excluding hydrogens is 604 g/mol. The van der Waals surface area contributed by atoms with E-state index >= 15 is 0 Å². The molecule has 1 saturated heterocycles. The molecule has 5 rings (SSSR count). The number of hydrogen-bond acceptors (Lipinski definition) is 8. The van der Waals surface area contributed by atoms with Crippen molar-refractivity contribution in [1.29, 1.82) is 0 Å². The summed E-state index contributed by atoms with van der Waals surface area (Å²) in [6.45, 7) is 4.21. The minimum atomic E-state index is -0.584. The second-order valence-electron chi connectivity index (χ2n) is 11.1. The van der Waals surface area contributed by atoms with Gasteiger partial charge in [0.2, 0.25) is 0 Å². The van der Waals surface area contributed by atoms with Crippen LogP contribution < -0.4 is 10.6 Å². The third kappa shape index (κ3) is 8.35. The van der Waals surface area contributed by atoms with Crippen LogP contribution in [0.1, 0.15) is 48.5 Å². The molecule has 1 aliphatic heterocycles. The summed E-state index contributed by atoms with van der Waals surface area (Å²) in [6, 6.07) is 23.4. The Morgan fingerprint density at radius 1 is 1.00 bits per heavy atom. The molecule has 46 heavy (non-hydrogen) atoms. The largest absolute Gasteiger partial charge is 0.465 e. The summed E-state index contributed by atoms with van der Waals surface area (Å²) >= 11 is 1.66. The molecule has 1 aliphatic rings. The molecule has 0 saturated carbocycles. The van der Waals surface area contributed by atoms with E-state index in [9.17, 15) is 14.7 Å². The molecule has 4 aromatic rings. The van der Waals surface area contributed by atoms with Gasteiger partial charge in [-0.1, -0.05) is 91.5 Å². The van der Waals surface area contributed by atoms with Crippen molar-refractivity contribution < 1.29 is 28.9 Å². The molecule has 0 spiro atoms. The molecular formula is C35H40N4O6S. The SMILES string of the molecule is CCOC(=O)CNC(=O)NCc1ccccc1-c1ccc([C@@H]2O[C@H](CSc3nccn3C)[C@H](C)[C@H](c3ccc(CO)cc3)O2)cc1. The quantitative estimate of drug-likeness (QED) is 0.136. The molecule has 2 amide bonds. The second-order valence-corrected chi connectivity index (χ2v) is 12.1. The number of aromatic nitrogens is 2. The predicted octanol–water partition coefficient (Wildman–Crippen LogP) is 5.53. The maximum Gasteiger partial charge on any atom is 0.325 e. The average Bonchev–Trinajstić information content (AvgIpc) is 3.50. The zero-order valence-electron chi connectivity index (χ0n) is 26.2. The second kappa shape index (κ2) is 15.9. The number of aryl methyl sites for hydroxylation is 1. The summed E-state index contributed by atoms with van der Waals surface area (Å²) in [4.78, 5) is 28.3. The van der Waals surface area contributed by atoms with Gasteiger partial charge in [0.1, 0.15) is 6.54 Å². The van der Waals surface area contributed by atoms with Crippen LogP contribution in [0.2, 0.25) is 0 Å². The smallest absolute Gasteiger partial charge is 0.325 e. The van der Waals surface area contributed by atoms with Crippen LogP contribution in [0, 0.1) is 5.92 Å². The van der Waals surface area contributed by atoms with Gasteiger partial charge in [-0.15, -0.1) is 0 Å². The molecule has 0 aliphatic carbocycles. The number of thioether (sulfide) groups is 1. The zero-order valence-corrected chi connectivity index (χ0v) is 27.0. The van der Waals surface area contributed by atoms with Gasteiger partial charge >= 0.3 is 12.0 Å². The fourth-order valence-electron chi connectivity index (χ4n) is 5.34. The van der Waals surface area contributed by atoms with Crippen LogP contribution in [-0.4, -0.2) is 51.7 Å². The molecule has 1 fully saturated rings. The Kier molecular flexibility index (Phi) is 11.5. The van der Waals surface area contributed by atoms with Gasteiger partial charge in [-0.25, -0.2) is 9.78 Å². The number of carbonyl (C=O) groups excluding carboxylic acids is 2. The summed E-state index contributed by atoms with van der Waals surface area (Å²) < 4.78 is 20.1. The molecule has 3 aromatic carbocycles. The van der Waals surface area contributed by atoms with E-state index in [2.05, 4.69) is 22.5 Å². The van der Waals surface area contributed by atoms with Crippen LogP contribution in [0.15, 0.2) is 90.3 Å². The lowest BCUT2D eigenvalue weighted by Crippen LogP contribution is -2.38. The van der Waals surface area contributed by atoms with E-state index in [1.54, 1.807) is 24.9 Å². The Hall–Kier alpha value is -4.16. The lowest BCUT2D eigenvalue weighted by atomic mass is 9.91. The number of benzene rings is 3. The van der Waals surface area contributed by atoms with Gasteiger partial charge in [0.15, 0.2) is 11.4 Å². The van der Waals surface area contributed by atoms with Crippen molar-refractivity contribution in [1.82, 2.24) is 20.2 Å². The molecule has 0 unspecified atom stereocenters. The van der Waals surface area contributed by atoms with Gasteiger partial charge in [0.25, 0.3) is 0 Å². The van der Waals surface area contributed by atoms with Crippen molar-refractivity contribution in [3.05, 3.63) is 107 Å². The predicted molar refractivity (Wildman–Crippen MR) is 176 cm³/mol. The normalized spacial score (nSPS) is 19.4. The Morgan fingerprint density at radius 2 is 1.74 bits per heavy atom. The van der Waals surface area contributed by atoms with Crippen LogP contribution in [0.5, 0.6) is 0 Å². The number of aliphatic hydroxyl groups is 1. The number of hydrogen-bond donors (Lipinski definition) is 3. The van der Waals surface area contributed by atoms with Crippen LogP contribution >= 0.6 is 11.8 Å². The molecule has 4 atom stereocenters. The minimum absolute atomic E-state index is 0.00968. The van der Waals surface area contributed by atoms with Crippen LogP contribution in [0.3, 0.4) is 0 Å². The summed E-state index contributed by atoms with van der Waals surface area (Å²) in [5.41, 5.74) is 5.67. The Labute approximate surface area is 273 Å². The fraction of sp³-hybridized carbons (Fsp3) is 0.343. The lowest BCUT2D eigenvalue weighted by Gasteiger charge is -2.41. The summed E-state index contributed by atoms with van der Waals surface area (Å²) in [7, 11) is 1.98. The number of carbonyl (C=O) groups is 2. The van der Waals surface area contributed by atoms with Crippen molar-refractivity contribution in [3.63, 3.8) is 0 Å². The van der Waals surface area contributed by atoms with E-state index in [0.29, 0.717) is 5.75 Å². The molecule has 0 radical (unpaired) electrons. The first-order valence-corrected chi connectivity index (χ1v) is 16.3. The highest BCUT2D eigenvalue weighted by atomic mass is 32.2. The molecule has 2 heterocycles. The Bertz CT molecular complexity index is 1590. The van der Waals surface area contributed by atoms with Gasteiger partial charge in [0, 0.05) is 43.2 Å². The number of aliphatic hydroxyl groups excluding tert-OH is 1. The maximum absolute atomic E-state index is 12.3. The maximum atomic E-state index is 12.3. The highest BCUT2D eigenvalue weighted by Gasteiger charge is 2.38. The summed E-state index contributed by atoms with van der Waals surface area (Å²) in [5.74, 6) is 0.294. The van der Waals surface area contributed by atoms with Gasteiger partial charge in [-0.2, -0.15) is 0 Å². The number of amides is 2. The van der Waals surface area contributed by atoms with Gasteiger partial charge in [-0.05, 0) is 34.7 Å². The van der Waals surface area contributed by atoms with Gasteiger partial charge < -0.3 is 34.5 Å². The van der Waals surface area contributed by atoms with E-state index in [1.807, 2.05) is 90.6 Å². The Morgan fingerprint density at radius 3 is 2.43 bits per heavy atom. The standard InChI is InChI=1S/C35H40N4O6S/c1-4-43-31(41)20-38-34(42)37-19-28-7-5-6-8-29(28)25-13-15-27(16-14-25)33-44-30(22-46-35-36-17-18-39(35)3)23(2)32(45-33)26-11-9-24(21-40)10-12-26/h5-18,23,30,32-33,40H,4,19-22H2,1-3H3,(H2,37,38,42)/t23-,30+,32+,33+/m0/s1. The van der Waals surface area contributed by atoms with Crippen molar-refractivity contribution in [2.24, 2.45) is 13.0 Å². The molecule has 11 heteroatoms. The van der Waals surface area contributed by atoms with Gasteiger partial charge in [0.05, 0.1) is 25.4 Å². The molecule has 242 valence electrons. The topological polar surface area (TPSA) is 124 Å². The number of nitrogens with one attached hydrogen (secondary N) is 2. The van der Waals surface area contributed by atoms with Crippen molar-refractivity contribution in [2.45, 2.75) is 50.7 Å². The number of imidazole rings is 1. The third-order valence-electron chi connectivity index (χ3n) is 7.93. The summed E-state index contributed by atoms with van der Waals surface area (Å²) in [6.07, 6.45) is 2.83. The van der Waals surface area contributed by atoms with E-state index in [1.165, 1.54) is 0 Å². The first-order chi connectivity index (χ1) is 22.4. The first-order valence-electron chi connectivity index (χ1n) is 15.3. The van der Waals surface area contributed by atoms with Crippen molar-refractivity contribution in [3.8, 4) is 11.1 Å².